The summed E-state index contributed by atoms with van der Waals surface area (Å²) in [6.45, 7) is 0.459. The molecule has 0 spiro atoms. The summed E-state index contributed by atoms with van der Waals surface area (Å²) in [6, 6.07) is 9.54. The predicted octanol–water partition coefficient (Wildman–Crippen LogP) is 1.93. The Kier molecular flexibility index (Phi) is 3.52. The largest absolute Gasteiger partial charge is 0.366 e. The van der Waals surface area contributed by atoms with Crippen molar-refractivity contribution in [2.75, 3.05) is 5.32 Å². The topological polar surface area (TPSA) is 68.0 Å². The first-order valence-electron chi connectivity index (χ1n) is 5.39. The maximum atomic E-state index is 12.9. The minimum absolute atomic E-state index is 0.272. The summed E-state index contributed by atoms with van der Waals surface area (Å²) >= 11 is 0. The standard InChI is InChI=1S/C13H12FN3O/c14-11-3-1-2-9(6-11)7-16-12-5-4-10(8-17-12)13(15)18/h1-6,8H,7H2,(H2,15,18)(H,16,17). The SMILES string of the molecule is NC(=O)c1ccc(NCc2cccc(F)c2)nc1. The van der Waals surface area contributed by atoms with Gasteiger partial charge in [0.05, 0.1) is 5.56 Å². The average Bonchev–Trinajstić information content (AvgIpc) is 2.37. The molecule has 1 heterocycles. The van der Waals surface area contributed by atoms with Crippen LogP contribution in [-0.2, 0) is 6.54 Å². The molecule has 0 saturated heterocycles. The zero-order valence-electron chi connectivity index (χ0n) is 9.56. The number of rotatable bonds is 4. The van der Waals surface area contributed by atoms with Crippen molar-refractivity contribution in [1.29, 1.82) is 0 Å². The van der Waals surface area contributed by atoms with Crippen molar-refractivity contribution < 1.29 is 9.18 Å². The van der Waals surface area contributed by atoms with E-state index in [2.05, 4.69) is 10.3 Å². The van der Waals surface area contributed by atoms with E-state index in [9.17, 15) is 9.18 Å². The molecule has 0 bridgehead atoms. The molecule has 3 N–H and O–H groups in total. The van der Waals surface area contributed by atoms with Crippen molar-refractivity contribution in [2.24, 2.45) is 5.73 Å². The van der Waals surface area contributed by atoms with Crippen LogP contribution in [0.15, 0.2) is 42.6 Å². The molecular weight excluding hydrogens is 233 g/mol. The Labute approximate surface area is 104 Å². The minimum Gasteiger partial charge on any atom is -0.366 e. The number of anilines is 1. The van der Waals surface area contributed by atoms with Gasteiger partial charge in [-0.1, -0.05) is 12.1 Å². The summed E-state index contributed by atoms with van der Waals surface area (Å²) in [4.78, 5) is 14.9. The van der Waals surface area contributed by atoms with Crippen LogP contribution in [-0.4, -0.2) is 10.9 Å². The lowest BCUT2D eigenvalue weighted by atomic mass is 10.2. The lowest BCUT2D eigenvalue weighted by Gasteiger charge is -2.06. The molecule has 1 amide bonds. The smallest absolute Gasteiger partial charge is 0.250 e. The highest BCUT2D eigenvalue weighted by Crippen LogP contribution is 2.08. The van der Waals surface area contributed by atoms with E-state index in [1.807, 2.05) is 6.07 Å². The third kappa shape index (κ3) is 3.04. The van der Waals surface area contributed by atoms with Gasteiger partial charge in [0.1, 0.15) is 11.6 Å². The zero-order chi connectivity index (χ0) is 13.0. The van der Waals surface area contributed by atoms with Crippen LogP contribution >= 0.6 is 0 Å². The molecule has 0 radical (unpaired) electrons. The fourth-order valence-electron chi connectivity index (χ4n) is 1.48. The van der Waals surface area contributed by atoms with Gasteiger partial charge >= 0.3 is 0 Å². The summed E-state index contributed by atoms with van der Waals surface area (Å²) in [6.07, 6.45) is 1.40. The van der Waals surface area contributed by atoms with Crippen LogP contribution in [0.25, 0.3) is 0 Å². The Bertz CT molecular complexity index is 554. The number of aromatic nitrogens is 1. The molecule has 2 rings (SSSR count). The fraction of sp³-hybridized carbons (Fsp3) is 0.0769. The number of amides is 1. The molecule has 0 atom stereocenters. The van der Waals surface area contributed by atoms with Crippen LogP contribution in [0.3, 0.4) is 0 Å². The van der Waals surface area contributed by atoms with Gasteiger partial charge in [0.2, 0.25) is 5.91 Å². The third-order valence-electron chi connectivity index (χ3n) is 2.41. The fourth-order valence-corrected chi connectivity index (χ4v) is 1.48. The van der Waals surface area contributed by atoms with Gasteiger partial charge in [0.25, 0.3) is 0 Å². The van der Waals surface area contributed by atoms with E-state index in [0.717, 1.165) is 5.56 Å². The first-order valence-corrected chi connectivity index (χ1v) is 5.39. The van der Waals surface area contributed by atoms with Crippen molar-refractivity contribution in [3.63, 3.8) is 0 Å². The Morgan fingerprint density at radius 1 is 1.33 bits per heavy atom. The lowest BCUT2D eigenvalue weighted by molar-refractivity contribution is 0.1000. The van der Waals surface area contributed by atoms with Crippen molar-refractivity contribution in [1.82, 2.24) is 4.98 Å². The predicted molar refractivity (Wildman–Crippen MR) is 66.5 cm³/mol. The molecule has 0 unspecified atom stereocenters. The van der Waals surface area contributed by atoms with E-state index in [4.69, 9.17) is 5.73 Å². The van der Waals surface area contributed by atoms with Crippen molar-refractivity contribution in [3.8, 4) is 0 Å². The van der Waals surface area contributed by atoms with Gasteiger partial charge in [-0.25, -0.2) is 9.37 Å². The number of hydrogen-bond donors (Lipinski definition) is 2. The molecule has 0 saturated carbocycles. The number of hydrogen-bond acceptors (Lipinski definition) is 3. The van der Waals surface area contributed by atoms with Crippen molar-refractivity contribution in [2.45, 2.75) is 6.54 Å². The highest BCUT2D eigenvalue weighted by Gasteiger charge is 2.01. The Morgan fingerprint density at radius 3 is 2.78 bits per heavy atom. The van der Waals surface area contributed by atoms with Crippen LogP contribution in [0.4, 0.5) is 10.2 Å². The maximum Gasteiger partial charge on any atom is 0.250 e. The lowest BCUT2D eigenvalue weighted by Crippen LogP contribution is -2.11. The Morgan fingerprint density at radius 2 is 2.17 bits per heavy atom. The van der Waals surface area contributed by atoms with Gasteiger partial charge in [-0.15, -0.1) is 0 Å². The number of halogens is 1. The molecule has 1 aromatic carbocycles. The second kappa shape index (κ2) is 5.27. The summed E-state index contributed by atoms with van der Waals surface area (Å²) in [7, 11) is 0. The molecule has 18 heavy (non-hydrogen) atoms. The van der Waals surface area contributed by atoms with Crippen molar-refractivity contribution >= 4 is 11.7 Å². The number of nitrogens with two attached hydrogens (primary N) is 1. The van der Waals surface area contributed by atoms with Gasteiger partial charge in [-0.2, -0.15) is 0 Å². The molecule has 4 nitrogen and oxygen atoms in total. The van der Waals surface area contributed by atoms with E-state index >= 15 is 0 Å². The number of carbonyl (C=O) groups is 1. The zero-order valence-corrected chi connectivity index (χ0v) is 9.56. The number of nitrogens with zero attached hydrogens (tertiary/aromatic N) is 1. The molecule has 92 valence electrons. The molecule has 5 heteroatoms. The number of nitrogens with one attached hydrogen (secondary N) is 1. The number of benzene rings is 1. The van der Waals surface area contributed by atoms with Gasteiger partial charge in [0, 0.05) is 12.7 Å². The molecule has 0 aliphatic carbocycles. The van der Waals surface area contributed by atoms with E-state index in [1.54, 1.807) is 18.2 Å². The monoisotopic (exact) mass is 245 g/mol. The molecule has 0 aliphatic rings. The molecule has 0 aliphatic heterocycles. The normalized spacial score (nSPS) is 10.1. The Balaban J connectivity index is 2.00. The first-order chi connectivity index (χ1) is 8.65. The Hall–Kier alpha value is -2.43. The molecule has 1 aromatic heterocycles. The van der Waals surface area contributed by atoms with Crippen LogP contribution in [0.1, 0.15) is 15.9 Å². The second-order valence-electron chi connectivity index (χ2n) is 3.78. The summed E-state index contributed by atoms with van der Waals surface area (Å²) < 4.78 is 12.9. The molecule has 0 fully saturated rings. The molecule has 2 aromatic rings. The first kappa shape index (κ1) is 12.0. The quantitative estimate of drug-likeness (QED) is 0.864. The highest BCUT2D eigenvalue weighted by molar-refractivity contribution is 5.92. The average molecular weight is 245 g/mol. The van der Waals surface area contributed by atoms with Crippen LogP contribution in [0.5, 0.6) is 0 Å². The molecular formula is C13H12FN3O. The van der Waals surface area contributed by atoms with Crippen LogP contribution in [0.2, 0.25) is 0 Å². The second-order valence-corrected chi connectivity index (χ2v) is 3.78. The number of pyridine rings is 1. The van der Waals surface area contributed by atoms with E-state index in [-0.39, 0.29) is 5.82 Å². The highest BCUT2D eigenvalue weighted by atomic mass is 19.1. The van der Waals surface area contributed by atoms with E-state index in [0.29, 0.717) is 17.9 Å². The van der Waals surface area contributed by atoms with Gasteiger partial charge in [0.15, 0.2) is 0 Å². The summed E-state index contributed by atoms with van der Waals surface area (Å²) in [5.74, 6) is -0.185. The third-order valence-corrected chi connectivity index (χ3v) is 2.41. The van der Waals surface area contributed by atoms with Gasteiger partial charge in [-0.05, 0) is 29.8 Å². The van der Waals surface area contributed by atoms with Gasteiger partial charge in [-0.3, -0.25) is 4.79 Å². The number of primary amides is 1. The van der Waals surface area contributed by atoms with Gasteiger partial charge < -0.3 is 11.1 Å². The maximum absolute atomic E-state index is 12.9. The van der Waals surface area contributed by atoms with Crippen LogP contribution < -0.4 is 11.1 Å². The number of carbonyl (C=O) groups excluding carboxylic acids is 1. The van der Waals surface area contributed by atoms with E-state index < -0.39 is 5.91 Å². The minimum atomic E-state index is -0.515. The van der Waals surface area contributed by atoms with Crippen LogP contribution in [0, 0.1) is 5.82 Å². The summed E-state index contributed by atoms with van der Waals surface area (Å²) in [5.41, 5.74) is 6.27. The summed E-state index contributed by atoms with van der Waals surface area (Å²) in [5, 5.41) is 3.02. The van der Waals surface area contributed by atoms with Crippen molar-refractivity contribution in [3.05, 3.63) is 59.5 Å². The van der Waals surface area contributed by atoms with E-state index in [1.165, 1.54) is 18.3 Å².